The lowest BCUT2D eigenvalue weighted by Gasteiger charge is -2.28. The molecule has 0 amide bonds. The first-order chi connectivity index (χ1) is 35.9. The number of fused-ring (bicyclic) bond motifs is 1. The van der Waals surface area contributed by atoms with E-state index in [2.05, 4.69) is 103 Å². The van der Waals surface area contributed by atoms with Crippen LogP contribution in [-0.4, -0.2) is 19.6 Å². The molecule has 0 bridgehead atoms. The van der Waals surface area contributed by atoms with Gasteiger partial charge in [-0.15, -0.1) is 0 Å². The molecule has 0 aliphatic rings. The molecule has 0 aliphatic heterocycles. The van der Waals surface area contributed by atoms with Gasteiger partial charge in [0.05, 0.1) is 28.0 Å². The summed E-state index contributed by atoms with van der Waals surface area (Å²) in [4.78, 5) is 10.3. The van der Waals surface area contributed by atoms with Gasteiger partial charge in [-0.1, -0.05) is 198 Å². The minimum absolute atomic E-state index is 0.0685. The first-order valence-electron chi connectivity index (χ1n) is 27.8. The second-order valence-corrected chi connectivity index (χ2v) is 21.1. The van der Waals surface area contributed by atoms with Crippen molar-refractivity contribution in [3.05, 3.63) is 192 Å². The fourth-order valence-electron chi connectivity index (χ4n) is 9.01. The van der Waals surface area contributed by atoms with Crippen molar-refractivity contribution in [3.63, 3.8) is 0 Å². The summed E-state index contributed by atoms with van der Waals surface area (Å²) in [5, 5.41) is 12.7. The van der Waals surface area contributed by atoms with Crippen LogP contribution in [0.15, 0.2) is 170 Å². The van der Waals surface area contributed by atoms with E-state index in [1.54, 1.807) is 12.3 Å². The van der Waals surface area contributed by atoms with Crippen molar-refractivity contribution in [2.75, 3.05) is 0 Å². The number of phenolic OH excluding ortho intramolecular Hbond substituents is 1. The highest BCUT2D eigenvalue weighted by molar-refractivity contribution is 5.98. The summed E-state index contributed by atoms with van der Waals surface area (Å²) in [6.07, 6.45) is 1.63. The minimum atomic E-state index is -3.55. The Hall–Kier alpha value is -7.04. The molecule has 0 atom stereocenters. The number of pyridine rings is 1. The first-order valence-corrected chi connectivity index (χ1v) is 23.3. The van der Waals surface area contributed by atoms with Crippen LogP contribution in [0, 0.1) is 0 Å². The second kappa shape index (κ2) is 17.2. The number of phenols is 1. The van der Waals surface area contributed by atoms with Crippen LogP contribution in [0.2, 0.25) is 0 Å². The normalized spacial score (nSPS) is 15.0. The highest BCUT2D eigenvalue weighted by Crippen LogP contribution is 2.46. The summed E-state index contributed by atoms with van der Waals surface area (Å²) in [5.74, 6) is 0.493. The SMILES string of the molecule is [2H]C([2H])([2H])C(c1cc(-c2cc(-c3ccc(-c4ccccc4)cc3)ccn2)cc(-c2cccc3c2nc(-c2cc(C(C)(C)C)cc(C(C)(C)C)c2O)n3-c2ccc(C(C)(C)C)cc2-c2ccccc2)c1)(C([2H])([2H])[2H])C([2H])([2H])[2H]. The number of imidazole rings is 1. The van der Waals surface area contributed by atoms with Crippen LogP contribution in [0.25, 0.3) is 83.9 Å². The highest BCUT2D eigenvalue weighted by Gasteiger charge is 2.30. The Morgan fingerprint density at radius 1 is 0.441 bits per heavy atom. The van der Waals surface area contributed by atoms with E-state index in [0.29, 0.717) is 44.8 Å². The molecule has 0 saturated heterocycles. The molecule has 0 fully saturated rings. The summed E-state index contributed by atoms with van der Waals surface area (Å²) in [5.41, 5.74) is 7.36. The molecule has 0 unspecified atom stereocenters. The molecular weight excluding hydrogens is 827 g/mol. The molecule has 2 heterocycles. The molecule has 7 aromatic carbocycles. The van der Waals surface area contributed by atoms with Crippen molar-refractivity contribution >= 4 is 11.0 Å². The largest absolute Gasteiger partial charge is 0.507 e. The van der Waals surface area contributed by atoms with Crippen LogP contribution in [0.1, 0.15) is 117 Å². The zero-order valence-electron chi connectivity index (χ0n) is 49.5. The molecule has 4 heteroatoms. The summed E-state index contributed by atoms with van der Waals surface area (Å²) in [6.45, 7) is 8.42. The molecule has 9 aromatic rings. The maximum atomic E-state index is 12.7. The quantitative estimate of drug-likeness (QED) is 0.173. The molecule has 4 nitrogen and oxygen atoms in total. The molecule has 68 heavy (non-hydrogen) atoms. The first kappa shape index (κ1) is 36.1. The minimum Gasteiger partial charge on any atom is -0.507 e. The van der Waals surface area contributed by atoms with Gasteiger partial charge in [-0.25, -0.2) is 4.98 Å². The summed E-state index contributed by atoms with van der Waals surface area (Å²) in [7, 11) is 0. The van der Waals surface area contributed by atoms with Gasteiger partial charge < -0.3 is 5.11 Å². The van der Waals surface area contributed by atoms with Gasteiger partial charge in [0.1, 0.15) is 11.6 Å². The summed E-state index contributed by atoms with van der Waals surface area (Å²) >= 11 is 0. The van der Waals surface area contributed by atoms with Gasteiger partial charge in [-0.2, -0.15) is 0 Å². The Kier molecular flexibility index (Phi) is 9.14. The third-order valence-electron chi connectivity index (χ3n) is 13.0. The van der Waals surface area contributed by atoms with Gasteiger partial charge in [0, 0.05) is 40.8 Å². The van der Waals surface area contributed by atoms with E-state index >= 15 is 0 Å². The standard InChI is InChI=1S/C64H65N3O/c1-61(2,3)48-30-31-56(52(38-48)44-22-17-14-18-23-44)67-57-25-19-24-51(58(57)66-60(67)53-39-50(63(7,8)9)40-54(59(53)68)64(10,11)12)46-34-47(36-49(35-46)62(4,5)6)55-37-45(32-33-65-55)43-28-26-42(27-29-43)41-20-15-13-16-21-41/h13-40,68H,1-12H3/i4D3,5D3,6D3. The molecule has 0 saturated carbocycles. The van der Waals surface area contributed by atoms with E-state index < -0.39 is 36.9 Å². The Labute approximate surface area is 417 Å². The average Bonchev–Trinajstić information content (AvgIpc) is 3.98. The average molecular weight is 901 g/mol. The van der Waals surface area contributed by atoms with Crippen LogP contribution in [0.4, 0.5) is 0 Å². The zero-order chi connectivity index (χ0) is 55.8. The Morgan fingerprint density at radius 3 is 1.66 bits per heavy atom. The topological polar surface area (TPSA) is 50.9 Å². The third-order valence-corrected chi connectivity index (χ3v) is 13.0. The fraction of sp³-hybridized carbons (Fsp3) is 0.250. The Bertz CT molecular complexity index is 3610. The zero-order valence-corrected chi connectivity index (χ0v) is 40.5. The second-order valence-electron chi connectivity index (χ2n) is 21.1. The number of nitrogens with zero attached hydrogens (tertiary/aromatic N) is 3. The van der Waals surface area contributed by atoms with Crippen LogP contribution < -0.4 is 0 Å². The monoisotopic (exact) mass is 901 g/mol. The van der Waals surface area contributed by atoms with Gasteiger partial charge in [-0.05, 0) is 120 Å². The van der Waals surface area contributed by atoms with Crippen LogP contribution >= 0.6 is 0 Å². The molecule has 0 aliphatic carbocycles. The number of hydrogen-bond acceptors (Lipinski definition) is 3. The number of aromatic hydroxyl groups is 1. The lowest BCUT2D eigenvalue weighted by molar-refractivity contribution is 0.446. The third kappa shape index (κ3) is 9.05. The van der Waals surface area contributed by atoms with Crippen LogP contribution in [0.5, 0.6) is 5.75 Å². The lowest BCUT2D eigenvalue weighted by Crippen LogP contribution is -2.17. The predicted molar refractivity (Wildman–Crippen MR) is 288 cm³/mol. The Morgan fingerprint density at radius 2 is 1.03 bits per heavy atom. The van der Waals surface area contributed by atoms with E-state index in [0.717, 1.165) is 55.8 Å². The number of para-hydroxylation sites is 1. The number of aromatic nitrogens is 3. The van der Waals surface area contributed by atoms with Gasteiger partial charge >= 0.3 is 0 Å². The van der Waals surface area contributed by atoms with E-state index in [1.165, 1.54) is 12.1 Å². The van der Waals surface area contributed by atoms with Crippen LogP contribution in [-0.2, 0) is 21.7 Å². The molecular formula is C64H65N3O. The molecule has 0 radical (unpaired) electrons. The van der Waals surface area contributed by atoms with Crippen molar-refractivity contribution in [2.24, 2.45) is 0 Å². The highest BCUT2D eigenvalue weighted by atomic mass is 16.3. The van der Waals surface area contributed by atoms with Gasteiger partial charge in [0.2, 0.25) is 0 Å². The van der Waals surface area contributed by atoms with Gasteiger partial charge in [-0.3, -0.25) is 9.55 Å². The summed E-state index contributed by atoms with van der Waals surface area (Å²) < 4.78 is 81.8. The molecule has 1 N–H and O–H groups in total. The van der Waals surface area contributed by atoms with Crippen molar-refractivity contribution in [3.8, 4) is 78.6 Å². The van der Waals surface area contributed by atoms with Crippen molar-refractivity contribution in [1.29, 1.82) is 0 Å². The smallest absolute Gasteiger partial charge is 0.149 e. The Balaban J connectivity index is 1.39. The molecule has 2 aromatic heterocycles. The van der Waals surface area contributed by atoms with Crippen molar-refractivity contribution < 1.29 is 17.4 Å². The number of benzene rings is 7. The van der Waals surface area contributed by atoms with E-state index in [4.69, 9.17) is 22.3 Å². The summed E-state index contributed by atoms with van der Waals surface area (Å²) in [6, 6.07) is 52.4. The van der Waals surface area contributed by atoms with Crippen LogP contribution in [0.3, 0.4) is 0 Å². The van der Waals surface area contributed by atoms with Crippen molar-refractivity contribution in [2.45, 2.75) is 105 Å². The van der Waals surface area contributed by atoms with E-state index in [1.807, 2.05) is 109 Å². The lowest BCUT2D eigenvalue weighted by atomic mass is 9.79. The molecule has 9 rings (SSSR count). The van der Waals surface area contributed by atoms with Crippen molar-refractivity contribution in [1.82, 2.24) is 14.5 Å². The maximum Gasteiger partial charge on any atom is 0.149 e. The molecule has 342 valence electrons. The number of rotatable bonds is 7. The van der Waals surface area contributed by atoms with Gasteiger partial charge in [0.25, 0.3) is 0 Å². The van der Waals surface area contributed by atoms with Gasteiger partial charge in [0.15, 0.2) is 0 Å². The van der Waals surface area contributed by atoms with E-state index in [-0.39, 0.29) is 16.6 Å². The molecule has 0 spiro atoms. The maximum absolute atomic E-state index is 12.7. The van der Waals surface area contributed by atoms with E-state index in [9.17, 15) is 5.11 Å². The number of hydrogen-bond donors (Lipinski definition) is 1. The fourth-order valence-corrected chi connectivity index (χ4v) is 9.01. The predicted octanol–water partition coefficient (Wildman–Crippen LogP) is 17.3.